The maximum atomic E-state index is 14.7. The number of pyridine rings is 1. The van der Waals surface area contributed by atoms with Crippen LogP contribution in [-0.4, -0.2) is 58.8 Å². The Bertz CT molecular complexity index is 1430. The number of carboxylic acid groups (broad SMARTS) is 1. The molecule has 0 spiro atoms. The summed E-state index contributed by atoms with van der Waals surface area (Å²) in [6.45, 7) is 6.76. The summed E-state index contributed by atoms with van der Waals surface area (Å²) in [7, 11) is 0. The molecule has 9 nitrogen and oxygen atoms in total. The summed E-state index contributed by atoms with van der Waals surface area (Å²) in [5.74, 6) is -1.84. The van der Waals surface area contributed by atoms with Crippen LogP contribution in [0.4, 0.5) is 14.5 Å². The zero-order chi connectivity index (χ0) is 32.8. The number of aliphatic carboxylic acids is 1. The van der Waals surface area contributed by atoms with Gasteiger partial charge in [-0.2, -0.15) is 0 Å². The van der Waals surface area contributed by atoms with Gasteiger partial charge in [0.25, 0.3) is 5.91 Å². The fourth-order valence-electron chi connectivity index (χ4n) is 4.27. The first kappa shape index (κ1) is 35.8. The average molecular weight is 631 g/mol. The van der Waals surface area contributed by atoms with Gasteiger partial charge in [-0.15, -0.1) is 12.8 Å². The van der Waals surface area contributed by atoms with Crippen LogP contribution >= 0.6 is 11.6 Å². The fraction of sp³-hybridized carbons (Fsp3) is 0.344. The Morgan fingerprint density at radius 2 is 1.84 bits per heavy atom. The van der Waals surface area contributed by atoms with Crippen molar-refractivity contribution < 1.29 is 33.0 Å². The van der Waals surface area contributed by atoms with Crippen LogP contribution in [0.2, 0.25) is 5.02 Å². The van der Waals surface area contributed by atoms with Gasteiger partial charge in [0.15, 0.2) is 6.23 Å². The molecule has 2 aliphatic rings. The maximum absolute atomic E-state index is 14.7. The third-order valence-electron chi connectivity index (χ3n) is 6.32. The highest BCUT2D eigenvalue weighted by Gasteiger charge is 2.24. The smallest absolute Gasteiger partial charge is 0.306 e. The van der Waals surface area contributed by atoms with Gasteiger partial charge in [0.2, 0.25) is 5.88 Å². The van der Waals surface area contributed by atoms with Crippen molar-refractivity contribution in [3.05, 3.63) is 70.9 Å². The number of hydrogen-bond donors (Lipinski definition) is 3. The Hall–Kier alpha value is -4.40. The molecular weight excluding hydrogens is 594 g/mol. The second kappa shape index (κ2) is 17.7. The second-order valence-corrected chi connectivity index (χ2v) is 9.80. The largest absolute Gasteiger partial charge is 0.492 e. The number of terminal acetylenes is 1. The molecule has 2 aliphatic heterocycles. The molecule has 1 aromatic heterocycles. The highest BCUT2D eigenvalue weighted by atomic mass is 35.5. The number of amides is 1. The summed E-state index contributed by atoms with van der Waals surface area (Å²) in [5.41, 5.74) is 7.24. The topological polar surface area (TPSA) is 127 Å². The predicted molar refractivity (Wildman–Crippen MR) is 167 cm³/mol. The minimum absolute atomic E-state index is 0.00373. The van der Waals surface area contributed by atoms with Crippen molar-refractivity contribution in [2.45, 2.75) is 52.3 Å². The number of nitrogens with one attached hydrogen (secondary N) is 1. The van der Waals surface area contributed by atoms with Gasteiger partial charge in [-0.25, -0.2) is 13.8 Å². The number of anilines is 1. The third-order valence-corrected chi connectivity index (χ3v) is 6.52. The Balaban J connectivity index is 0.000000372. The third kappa shape index (κ3) is 10.1. The van der Waals surface area contributed by atoms with Gasteiger partial charge in [0.05, 0.1) is 23.6 Å². The van der Waals surface area contributed by atoms with Crippen molar-refractivity contribution in [1.29, 1.82) is 0 Å². The lowest BCUT2D eigenvalue weighted by Crippen LogP contribution is -2.43. The fourth-order valence-corrected chi connectivity index (χ4v) is 4.43. The molecule has 12 heteroatoms. The van der Waals surface area contributed by atoms with E-state index in [1.54, 1.807) is 17.2 Å². The first-order valence-corrected chi connectivity index (χ1v) is 14.4. The van der Waals surface area contributed by atoms with Gasteiger partial charge in [0, 0.05) is 30.9 Å². The normalized spacial score (nSPS) is 14.9. The van der Waals surface area contributed by atoms with E-state index in [1.165, 1.54) is 30.3 Å². The number of carboxylic acids is 1. The van der Waals surface area contributed by atoms with E-state index in [0.29, 0.717) is 42.4 Å². The summed E-state index contributed by atoms with van der Waals surface area (Å²) in [5, 5.41) is 12.4. The van der Waals surface area contributed by atoms with Gasteiger partial charge in [0.1, 0.15) is 23.1 Å². The quantitative estimate of drug-likeness (QED) is 0.275. The monoisotopic (exact) mass is 630 g/mol. The van der Waals surface area contributed by atoms with Crippen molar-refractivity contribution in [2.24, 2.45) is 5.73 Å². The maximum Gasteiger partial charge on any atom is 0.306 e. The summed E-state index contributed by atoms with van der Waals surface area (Å²) in [4.78, 5) is 28.8. The molecule has 1 atom stereocenters. The van der Waals surface area contributed by atoms with E-state index < -0.39 is 23.5 Å². The number of likely N-dealkylation sites (tertiary alicyclic amines) is 1. The zero-order valence-corrected chi connectivity index (χ0v) is 25.6. The highest BCUT2D eigenvalue weighted by molar-refractivity contribution is 6.30. The number of halogens is 3. The zero-order valence-electron chi connectivity index (χ0n) is 24.9. The highest BCUT2D eigenvalue weighted by Crippen LogP contribution is 2.33. The number of piperidine rings is 1. The Morgan fingerprint density at radius 3 is 2.48 bits per heavy atom. The first-order valence-electron chi connectivity index (χ1n) is 14.0. The van der Waals surface area contributed by atoms with E-state index in [9.17, 15) is 18.4 Å². The molecule has 0 bridgehead atoms. The van der Waals surface area contributed by atoms with E-state index in [0.717, 1.165) is 11.8 Å². The standard InChI is InChI=1S/C21H22F2N2O4.C7H7ClN2O.C2H6.C2H2/c22-14-2-4-19(29-10-7-20(26)27)17(12-14)13-1-3-16(18(23)11-13)21(28)25-8-5-15(24)6-9-25;1-4-10-6-2-5(8)3-9-7(6)11-4;2*1-2/h1-4,11-12,15H,5-10,24H2,(H,26,27);2-4,10H,1H3;1-2H3;1-2H/t;4-;;/m.0../s1. The number of carbonyl (C=O) groups excluding carboxylic acids is 1. The van der Waals surface area contributed by atoms with Crippen LogP contribution in [0.15, 0.2) is 48.7 Å². The Morgan fingerprint density at radius 1 is 1.16 bits per heavy atom. The van der Waals surface area contributed by atoms with Crippen LogP contribution < -0.4 is 20.5 Å². The van der Waals surface area contributed by atoms with Crippen molar-refractivity contribution >= 4 is 29.2 Å². The number of fused-ring (bicyclic) bond motifs is 1. The molecule has 236 valence electrons. The minimum atomic E-state index is -1.03. The van der Waals surface area contributed by atoms with Crippen molar-refractivity contribution in [3.63, 3.8) is 0 Å². The van der Waals surface area contributed by atoms with Gasteiger partial charge < -0.3 is 30.5 Å². The molecule has 44 heavy (non-hydrogen) atoms. The molecule has 3 heterocycles. The van der Waals surface area contributed by atoms with E-state index in [4.69, 9.17) is 31.9 Å². The molecule has 5 rings (SSSR count). The lowest BCUT2D eigenvalue weighted by Gasteiger charge is -2.30. The van der Waals surface area contributed by atoms with E-state index in [2.05, 4.69) is 23.1 Å². The molecule has 2 aromatic carbocycles. The Labute approximate surface area is 261 Å². The molecule has 4 N–H and O–H groups in total. The predicted octanol–water partition coefficient (Wildman–Crippen LogP) is 6.21. The molecule has 3 aromatic rings. The SMILES string of the molecule is C#C.CC.C[C@H]1Nc2cc(Cl)cnc2O1.NC1CCN(C(=O)c2ccc(-c3cc(F)ccc3OCCC(=O)O)cc2F)CC1. The summed E-state index contributed by atoms with van der Waals surface area (Å²) >= 11 is 5.71. The van der Waals surface area contributed by atoms with Crippen LogP contribution in [0.5, 0.6) is 11.6 Å². The van der Waals surface area contributed by atoms with E-state index in [1.807, 2.05) is 20.8 Å². The van der Waals surface area contributed by atoms with Crippen LogP contribution in [0.25, 0.3) is 11.1 Å². The second-order valence-electron chi connectivity index (χ2n) is 9.37. The number of aromatic nitrogens is 1. The lowest BCUT2D eigenvalue weighted by atomic mass is 10.0. The molecule has 0 unspecified atom stereocenters. The van der Waals surface area contributed by atoms with Crippen molar-refractivity contribution in [2.75, 3.05) is 25.0 Å². The molecule has 1 amide bonds. The summed E-state index contributed by atoms with van der Waals surface area (Å²) in [6, 6.07) is 9.61. The lowest BCUT2D eigenvalue weighted by molar-refractivity contribution is -0.137. The first-order chi connectivity index (χ1) is 21.1. The van der Waals surface area contributed by atoms with E-state index >= 15 is 0 Å². The van der Waals surface area contributed by atoms with Crippen molar-refractivity contribution in [1.82, 2.24) is 9.88 Å². The molecule has 0 saturated carbocycles. The number of hydrogen-bond acceptors (Lipinski definition) is 7. The van der Waals surface area contributed by atoms with Gasteiger partial charge in [-0.3, -0.25) is 9.59 Å². The molecule has 1 fully saturated rings. The number of nitrogens with two attached hydrogens (primary N) is 1. The Kier molecular flexibility index (Phi) is 14.4. The number of ether oxygens (including phenoxy) is 2. The summed E-state index contributed by atoms with van der Waals surface area (Å²) < 4.78 is 39.2. The molecule has 0 radical (unpaired) electrons. The summed E-state index contributed by atoms with van der Waals surface area (Å²) in [6.07, 6.45) is 10.7. The van der Waals surface area contributed by atoms with Gasteiger partial charge >= 0.3 is 5.97 Å². The van der Waals surface area contributed by atoms with Crippen LogP contribution in [0.1, 0.15) is 50.4 Å². The van der Waals surface area contributed by atoms with Crippen LogP contribution in [0, 0.1) is 24.5 Å². The van der Waals surface area contributed by atoms with Crippen LogP contribution in [0.3, 0.4) is 0 Å². The number of carbonyl (C=O) groups is 2. The number of rotatable bonds is 6. The van der Waals surface area contributed by atoms with Crippen molar-refractivity contribution in [3.8, 4) is 35.6 Å². The number of benzene rings is 2. The molecule has 1 saturated heterocycles. The number of nitrogens with zero attached hydrogens (tertiary/aromatic N) is 2. The van der Waals surface area contributed by atoms with Gasteiger partial charge in [-0.1, -0.05) is 31.5 Å². The molecule has 0 aliphatic carbocycles. The van der Waals surface area contributed by atoms with Gasteiger partial charge in [-0.05, 0) is 61.7 Å². The average Bonchev–Trinajstić information content (AvgIpc) is 3.39. The minimum Gasteiger partial charge on any atom is -0.492 e. The molecular formula is C32H37ClF2N4O5. The van der Waals surface area contributed by atoms with Crippen LogP contribution in [-0.2, 0) is 4.79 Å². The van der Waals surface area contributed by atoms with E-state index in [-0.39, 0.29) is 42.2 Å².